The van der Waals surface area contributed by atoms with Gasteiger partial charge in [-0.15, -0.1) is 0 Å². The highest BCUT2D eigenvalue weighted by atomic mass is 35.5. The Labute approximate surface area is 189 Å². The van der Waals surface area contributed by atoms with Gasteiger partial charge in [-0.3, -0.25) is 9.79 Å². The van der Waals surface area contributed by atoms with Crippen molar-refractivity contribution >= 4 is 64.2 Å². The van der Waals surface area contributed by atoms with Crippen molar-refractivity contribution in [3.8, 4) is 0 Å². The van der Waals surface area contributed by atoms with Crippen LogP contribution in [-0.2, 0) is 6.42 Å². The Hall–Kier alpha value is -1.79. The Balaban J connectivity index is 2.02. The molecule has 1 amide bonds. The van der Waals surface area contributed by atoms with Crippen LogP contribution in [0.2, 0.25) is 20.1 Å². The van der Waals surface area contributed by atoms with E-state index in [0.29, 0.717) is 44.3 Å². The number of aliphatic imine (C=N–C) groups is 1. The van der Waals surface area contributed by atoms with Crippen molar-refractivity contribution in [2.45, 2.75) is 25.8 Å². The molecule has 0 aliphatic rings. The van der Waals surface area contributed by atoms with Gasteiger partial charge in [0.15, 0.2) is 0 Å². The summed E-state index contributed by atoms with van der Waals surface area (Å²) in [4.78, 5) is 16.9. The predicted octanol–water partition coefficient (Wildman–Crippen LogP) is 5.44. The molecular formula is C20H20Cl4N4O. The lowest BCUT2D eigenvalue weighted by Crippen LogP contribution is -2.50. The van der Waals surface area contributed by atoms with Gasteiger partial charge in [0, 0.05) is 28.4 Å². The van der Waals surface area contributed by atoms with Gasteiger partial charge in [-0.2, -0.15) is 5.10 Å². The van der Waals surface area contributed by atoms with Gasteiger partial charge >= 0.3 is 0 Å². The minimum absolute atomic E-state index is 0.337. The van der Waals surface area contributed by atoms with E-state index in [1.54, 1.807) is 38.3 Å². The second-order valence-corrected chi connectivity index (χ2v) is 8.47. The molecule has 9 heteroatoms. The third kappa shape index (κ3) is 6.89. The van der Waals surface area contributed by atoms with E-state index in [-0.39, 0.29) is 5.91 Å². The standard InChI is InChI=1S/C20H20Cl4N4O/c1-20(2,27-19(29)13-8-14(21)10-15(22)9-13)18(28-25)11-26-6-5-12-3-4-16(23)17(24)7-12/h3-4,7-11H,5-6,25H2,1-2H3,(H,27,29)/b26-11?,28-18+. The number of benzene rings is 2. The Morgan fingerprint density at radius 3 is 2.31 bits per heavy atom. The van der Waals surface area contributed by atoms with Gasteiger partial charge in [-0.25, -0.2) is 0 Å². The highest BCUT2D eigenvalue weighted by Crippen LogP contribution is 2.23. The molecule has 0 atom stereocenters. The van der Waals surface area contributed by atoms with E-state index in [1.165, 1.54) is 12.1 Å². The number of carbonyl (C=O) groups excluding carboxylic acids is 1. The van der Waals surface area contributed by atoms with Gasteiger partial charge in [0.05, 0.1) is 15.6 Å². The highest BCUT2D eigenvalue weighted by molar-refractivity contribution is 6.42. The average Bonchev–Trinajstić information content (AvgIpc) is 2.63. The van der Waals surface area contributed by atoms with E-state index in [1.807, 2.05) is 6.07 Å². The number of halogens is 4. The van der Waals surface area contributed by atoms with Crippen molar-refractivity contribution in [3.63, 3.8) is 0 Å². The van der Waals surface area contributed by atoms with Crippen molar-refractivity contribution in [2.24, 2.45) is 15.9 Å². The molecule has 0 radical (unpaired) electrons. The molecule has 0 aromatic heterocycles. The number of hydrazone groups is 1. The summed E-state index contributed by atoms with van der Waals surface area (Å²) in [6.45, 7) is 4.03. The first-order valence-corrected chi connectivity index (χ1v) is 10.1. The summed E-state index contributed by atoms with van der Waals surface area (Å²) in [5.74, 6) is 5.17. The van der Waals surface area contributed by atoms with Crippen molar-refractivity contribution in [1.82, 2.24) is 5.32 Å². The molecule has 2 rings (SSSR count). The average molecular weight is 474 g/mol. The molecule has 0 heterocycles. The molecule has 0 aliphatic heterocycles. The van der Waals surface area contributed by atoms with Crippen LogP contribution < -0.4 is 11.2 Å². The zero-order chi connectivity index (χ0) is 21.6. The van der Waals surface area contributed by atoms with Crippen LogP contribution in [0.5, 0.6) is 0 Å². The molecule has 154 valence electrons. The number of amides is 1. The molecule has 0 spiro atoms. The van der Waals surface area contributed by atoms with Gasteiger partial charge in [-0.05, 0) is 56.2 Å². The van der Waals surface area contributed by atoms with Crippen LogP contribution in [0.25, 0.3) is 0 Å². The third-order valence-electron chi connectivity index (χ3n) is 4.06. The number of hydrogen-bond donors (Lipinski definition) is 2. The fraction of sp³-hybridized carbons (Fsp3) is 0.250. The summed E-state index contributed by atoms with van der Waals surface area (Å²) in [6.07, 6.45) is 2.21. The van der Waals surface area contributed by atoms with Gasteiger partial charge in [0.2, 0.25) is 0 Å². The second kappa shape index (κ2) is 10.3. The van der Waals surface area contributed by atoms with E-state index in [0.717, 1.165) is 5.56 Å². The fourth-order valence-electron chi connectivity index (χ4n) is 2.50. The predicted molar refractivity (Wildman–Crippen MR) is 123 cm³/mol. The second-order valence-electron chi connectivity index (χ2n) is 6.79. The van der Waals surface area contributed by atoms with Gasteiger partial charge < -0.3 is 11.2 Å². The van der Waals surface area contributed by atoms with Crippen molar-refractivity contribution in [1.29, 1.82) is 0 Å². The SMILES string of the molecule is CC(C)(NC(=O)c1cc(Cl)cc(Cl)c1)/C(C=NCCc1ccc(Cl)c(Cl)c1)=N/N. The van der Waals surface area contributed by atoms with E-state index in [2.05, 4.69) is 15.4 Å². The lowest BCUT2D eigenvalue weighted by Gasteiger charge is -2.25. The van der Waals surface area contributed by atoms with Crippen LogP contribution >= 0.6 is 46.4 Å². The molecule has 0 bridgehead atoms. The zero-order valence-corrected chi connectivity index (χ0v) is 18.9. The molecule has 0 fully saturated rings. The summed E-state index contributed by atoms with van der Waals surface area (Å²) in [5, 5.41) is 8.39. The molecule has 0 saturated carbocycles. The molecule has 3 N–H and O–H groups in total. The first-order chi connectivity index (χ1) is 13.6. The lowest BCUT2D eigenvalue weighted by molar-refractivity contribution is 0.0932. The molecule has 0 unspecified atom stereocenters. The largest absolute Gasteiger partial charge is 0.341 e. The molecular weight excluding hydrogens is 454 g/mol. The van der Waals surface area contributed by atoms with Crippen LogP contribution in [-0.4, -0.2) is 29.9 Å². The molecule has 2 aromatic carbocycles. The fourth-order valence-corrected chi connectivity index (χ4v) is 3.35. The smallest absolute Gasteiger partial charge is 0.252 e. The van der Waals surface area contributed by atoms with E-state index < -0.39 is 5.54 Å². The number of carbonyl (C=O) groups is 1. The normalized spacial score (nSPS) is 12.4. The number of nitrogens with one attached hydrogen (secondary N) is 1. The maximum absolute atomic E-state index is 12.6. The van der Waals surface area contributed by atoms with Gasteiger partial charge in [0.25, 0.3) is 5.91 Å². The maximum atomic E-state index is 12.6. The first kappa shape index (κ1) is 23.5. The lowest BCUT2D eigenvalue weighted by atomic mass is 9.98. The first-order valence-electron chi connectivity index (χ1n) is 8.63. The van der Waals surface area contributed by atoms with E-state index in [9.17, 15) is 4.79 Å². The van der Waals surface area contributed by atoms with Crippen LogP contribution in [0, 0.1) is 0 Å². The number of nitrogens with two attached hydrogens (primary N) is 1. The summed E-state index contributed by atoms with van der Waals surface area (Å²) in [5.41, 5.74) is 0.887. The van der Waals surface area contributed by atoms with E-state index in [4.69, 9.17) is 52.2 Å². The Morgan fingerprint density at radius 2 is 1.72 bits per heavy atom. The summed E-state index contributed by atoms with van der Waals surface area (Å²) in [7, 11) is 0. The summed E-state index contributed by atoms with van der Waals surface area (Å²) >= 11 is 23.9. The van der Waals surface area contributed by atoms with Crippen LogP contribution in [0.15, 0.2) is 46.5 Å². The summed E-state index contributed by atoms with van der Waals surface area (Å²) < 4.78 is 0. The minimum Gasteiger partial charge on any atom is -0.341 e. The molecule has 0 saturated heterocycles. The van der Waals surface area contributed by atoms with E-state index >= 15 is 0 Å². The topological polar surface area (TPSA) is 79.8 Å². The van der Waals surface area contributed by atoms with Crippen molar-refractivity contribution < 1.29 is 4.79 Å². The van der Waals surface area contributed by atoms with Crippen LogP contribution in [0.3, 0.4) is 0 Å². The number of nitrogens with zero attached hydrogens (tertiary/aromatic N) is 2. The molecule has 2 aromatic rings. The maximum Gasteiger partial charge on any atom is 0.252 e. The van der Waals surface area contributed by atoms with Crippen molar-refractivity contribution in [3.05, 3.63) is 67.6 Å². The van der Waals surface area contributed by atoms with Gasteiger partial charge in [-0.1, -0.05) is 52.5 Å². The molecule has 5 nitrogen and oxygen atoms in total. The highest BCUT2D eigenvalue weighted by Gasteiger charge is 2.27. The number of rotatable bonds is 7. The third-order valence-corrected chi connectivity index (χ3v) is 5.23. The Bertz CT molecular complexity index is 937. The summed E-state index contributed by atoms with van der Waals surface area (Å²) in [6, 6.07) is 10.1. The minimum atomic E-state index is -0.867. The Morgan fingerprint density at radius 1 is 1.07 bits per heavy atom. The van der Waals surface area contributed by atoms with Gasteiger partial charge in [0.1, 0.15) is 5.71 Å². The van der Waals surface area contributed by atoms with Crippen LogP contribution in [0.1, 0.15) is 29.8 Å². The number of hydrogen-bond acceptors (Lipinski definition) is 4. The molecule has 0 aliphatic carbocycles. The monoisotopic (exact) mass is 472 g/mol. The van der Waals surface area contributed by atoms with Crippen LogP contribution in [0.4, 0.5) is 0 Å². The van der Waals surface area contributed by atoms with Crippen molar-refractivity contribution in [2.75, 3.05) is 6.54 Å². The zero-order valence-electron chi connectivity index (χ0n) is 15.8. The Kier molecular flexibility index (Phi) is 8.34. The molecule has 29 heavy (non-hydrogen) atoms. The quantitative estimate of drug-likeness (QED) is 0.319.